The molecule has 0 aliphatic heterocycles. The van der Waals surface area contributed by atoms with Gasteiger partial charge in [0.05, 0.1) is 6.10 Å². The molecule has 0 aliphatic carbocycles. The van der Waals surface area contributed by atoms with Gasteiger partial charge in [-0.15, -0.1) is 0 Å². The van der Waals surface area contributed by atoms with E-state index < -0.39 is 6.10 Å². The maximum Gasteiger partial charge on any atom is 0.0587 e. The molecule has 0 amide bonds. The number of aliphatic hydroxyl groups is 2. The highest BCUT2D eigenvalue weighted by Gasteiger charge is 2.08. The van der Waals surface area contributed by atoms with Gasteiger partial charge in [-0.1, -0.05) is 13.8 Å². The Hall–Kier alpha value is -0.0800. The first kappa shape index (κ1) is 7.92. The van der Waals surface area contributed by atoms with E-state index in [-0.39, 0.29) is 12.5 Å². The van der Waals surface area contributed by atoms with E-state index in [0.717, 1.165) is 0 Å². The van der Waals surface area contributed by atoms with Crippen LogP contribution in [-0.4, -0.2) is 22.9 Å². The van der Waals surface area contributed by atoms with Gasteiger partial charge in [-0.05, 0) is 6.42 Å². The Morgan fingerprint density at radius 1 is 1.62 bits per heavy atom. The summed E-state index contributed by atoms with van der Waals surface area (Å²) in [5.41, 5.74) is 0. The topological polar surface area (TPSA) is 40.5 Å². The zero-order valence-corrected chi connectivity index (χ0v) is 5.17. The van der Waals surface area contributed by atoms with Crippen molar-refractivity contribution in [3.8, 4) is 0 Å². The molecule has 2 heteroatoms. The average molecular weight is 117 g/mol. The lowest BCUT2D eigenvalue weighted by molar-refractivity contribution is 0.0790. The molecule has 0 fully saturated rings. The third-order valence-electron chi connectivity index (χ3n) is 1.24. The normalized spacial score (nSPS) is 18.0. The van der Waals surface area contributed by atoms with Crippen molar-refractivity contribution < 1.29 is 10.2 Å². The molecule has 2 unspecified atom stereocenters. The summed E-state index contributed by atoms with van der Waals surface area (Å²) in [5, 5.41) is 17.4. The summed E-state index contributed by atoms with van der Waals surface area (Å²) >= 11 is 0. The van der Waals surface area contributed by atoms with E-state index in [9.17, 15) is 0 Å². The Balaban J connectivity index is 3.29. The summed E-state index contributed by atoms with van der Waals surface area (Å²) in [4.78, 5) is 0. The Kier molecular flexibility index (Phi) is 3.83. The van der Waals surface area contributed by atoms with Crippen LogP contribution in [0.4, 0.5) is 0 Å². The van der Waals surface area contributed by atoms with E-state index in [1.54, 1.807) is 6.92 Å². The van der Waals surface area contributed by atoms with Gasteiger partial charge in [-0.25, -0.2) is 0 Å². The summed E-state index contributed by atoms with van der Waals surface area (Å²) in [6, 6.07) is 0. The molecule has 0 saturated heterocycles. The van der Waals surface area contributed by atoms with Crippen LogP contribution in [0, 0.1) is 12.8 Å². The quantitative estimate of drug-likeness (QED) is 0.554. The van der Waals surface area contributed by atoms with Gasteiger partial charge in [0.25, 0.3) is 0 Å². The van der Waals surface area contributed by atoms with Crippen LogP contribution in [-0.2, 0) is 0 Å². The van der Waals surface area contributed by atoms with Gasteiger partial charge < -0.3 is 10.2 Å². The first-order chi connectivity index (χ1) is 3.72. The molecule has 8 heavy (non-hydrogen) atoms. The predicted molar refractivity (Wildman–Crippen MR) is 32.2 cm³/mol. The maximum atomic E-state index is 8.90. The lowest BCUT2D eigenvalue weighted by atomic mass is 10.0. The highest BCUT2D eigenvalue weighted by molar-refractivity contribution is 4.63. The second-order valence-electron chi connectivity index (χ2n) is 2.02. The van der Waals surface area contributed by atoms with E-state index in [1.807, 2.05) is 0 Å². The molecule has 0 aromatic rings. The van der Waals surface area contributed by atoms with Crippen molar-refractivity contribution in [3.05, 3.63) is 6.92 Å². The van der Waals surface area contributed by atoms with E-state index in [0.29, 0.717) is 6.42 Å². The van der Waals surface area contributed by atoms with Crippen LogP contribution in [0.1, 0.15) is 13.3 Å². The molecule has 49 valence electrons. The average Bonchev–Trinajstić information content (AvgIpc) is 1.84. The predicted octanol–water partition coefficient (Wildman–Crippen LogP) is 0.200. The standard InChI is InChI=1S/C6H13O2/c1-3-6(8)5(2)4-7/h5-8H,1,3-4H2,2H3. The second kappa shape index (κ2) is 3.87. The third-order valence-corrected chi connectivity index (χ3v) is 1.24. The van der Waals surface area contributed by atoms with Crippen LogP contribution < -0.4 is 0 Å². The van der Waals surface area contributed by atoms with Gasteiger partial charge in [0, 0.05) is 12.5 Å². The molecule has 1 radical (unpaired) electrons. The van der Waals surface area contributed by atoms with Gasteiger partial charge in [0.15, 0.2) is 0 Å². The van der Waals surface area contributed by atoms with Crippen molar-refractivity contribution in [1.82, 2.24) is 0 Å². The van der Waals surface area contributed by atoms with Gasteiger partial charge in [0.1, 0.15) is 0 Å². The van der Waals surface area contributed by atoms with Gasteiger partial charge in [-0.2, -0.15) is 0 Å². The van der Waals surface area contributed by atoms with Crippen LogP contribution in [0.5, 0.6) is 0 Å². The number of aliphatic hydroxyl groups excluding tert-OH is 2. The van der Waals surface area contributed by atoms with Crippen molar-refractivity contribution in [2.75, 3.05) is 6.61 Å². The minimum Gasteiger partial charge on any atom is -0.396 e. The second-order valence-corrected chi connectivity index (χ2v) is 2.02. The highest BCUT2D eigenvalue weighted by Crippen LogP contribution is 2.03. The van der Waals surface area contributed by atoms with Gasteiger partial charge >= 0.3 is 0 Å². The summed E-state index contributed by atoms with van der Waals surface area (Å²) < 4.78 is 0. The summed E-state index contributed by atoms with van der Waals surface area (Å²) in [7, 11) is 0. The van der Waals surface area contributed by atoms with E-state index in [2.05, 4.69) is 6.92 Å². The number of hydrogen-bond acceptors (Lipinski definition) is 2. The summed E-state index contributed by atoms with van der Waals surface area (Å²) in [6.45, 7) is 5.32. The number of rotatable bonds is 3. The largest absolute Gasteiger partial charge is 0.396 e. The number of hydrogen-bond donors (Lipinski definition) is 2. The smallest absolute Gasteiger partial charge is 0.0587 e. The van der Waals surface area contributed by atoms with Crippen LogP contribution in [0.3, 0.4) is 0 Å². The van der Waals surface area contributed by atoms with E-state index >= 15 is 0 Å². The Morgan fingerprint density at radius 3 is 2.25 bits per heavy atom. The van der Waals surface area contributed by atoms with Crippen molar-refractivity contribution >= 4 is 0 Å². The third kappa shape index (κ3) is 2.28. The SMILES string of the molecule is [CH2]CC(O)C(C)CO. The minimum absolute atomic E-state index is 0.0347. The molecule has 0 aromatic heterocycles. The molecule has 2 atom stereocenters. The van der Waals surface area contributed by atoms with Crippen LogP contribution >= 0.6 is 0 Å². The zero-order valence-electron chi connectivity index (χ0n) is 5.17. The van der Waals surface area contributed by atoms with Crippen molar-refractivity contribution in [1.29, 1.82) is 0 Å². The minimum atomic E-state index is -0.444. The molecule has 0 rings (SSSR count). The van der Waals surface area contributed by atoms with Crippen LogP contribution in [0.15, 0.2) is 0 Å². The zero-order chi connectivity index (χ0) is 6.57. The van der Waals surface area contributed by atoms with Crippen molar-refractivity contribution in [2.24, 2.45) is 5.92 Å². The van der Waals surface area contributed by atoms with E-state index in [1.165, 1.54) is 0 Å². The lowest BCUT2D eigenvalue weighted by Gasteiger charge is -2.12. The maximum absolute atomic E-state index is 8.90. The van der Waals surface area contributed by atoms with Crippen LogP contribution in [0.25, 0.3) is 0 Å². The molecular weight excluding hydrogens is 104 g/mol. The lowest BCUT2D eigenvalue weighted by Crippen LogP contribution is -2.19. The highest BCUT2D eigenvalue weighted by atomic mass is 16.3. The fourth-order valence-electron chi connectivity index (χ4n) is 0.406. The van der Waals surface area contributed by atoms with Crippen molar-refractivity contribution in [2.45, 2.75) is 19.4 Å². The van der Waals surface area contributed by atoms with Crippen molar-refractivity contribution in [3.63, 3.8) is 0 Å². The van der Waals surface area contributed by atoms with Gasteiger partial charge in [-0.3, -0.25) is 0 Å². The fraction of sp³-hybridized carbons (Fsp3) is 0.833. The Labute approximate surface area is 50.2 Å². The molecule has 0 saturated carbocycles. The van der Waals surface area contributed by atoms with Crippen LogP contribution in [0.2, 0.25) is 0 Å². The Bertz CT molecular complexity index is 46.5. The summed E-state index contributed by atoms with van der Waals surface area (Å²) in [5.74, 6) is -0.0347. The monoisotopic (exact) mass is 117 g/mol. The Morgan fingerprint density at radius 2 is 2.12 bits per heavy atom. The fourth-order valence-corrected chi connectivity index (χ4v) is 0.406. The summed E-state index contributed by atoms with van der Waals surface area (Å²) in [6.07, 6.45) is 0.0295. The molecule has 0 heterocycles. The molecule has 2 N–H and O–H groups in total. The van der Waals surface area contributed by atoms with Gasteiger partial charge in [0.2, 0.25) is 0 Å². The van der Waals surface area contributed by atoms with E-state index in [4.69, 9.17) is 10.2 Å². The first-order valence-corrected chi connectivity index (χ1v) is 2.80. The molecule has 0 spiro atoms. The first-order valence-electron chi connectivity index (χ1n) is 2.80. The molecule has 0 aromatic carbocycles. The molecule has 0 bridgehead atoms. The molecule has 2 nitrogen and oxygen atoms in total. The molecular formula is C6H13O2. The molecule has 0 aliphatic rings.